The summed E-state index contributed by atoms with van der Waals surface area (Å²) in [5.74, 6) is -2.51. The molecule has 0 aliphatic carbocycles. The number of carboxylic acid groups (broad SMARTS) is 1. The minimum Gasteiger partial charge on any atom is -0.491 e. The topological polar surface area (TPSA) is 75.6 Å². The van der Waals surface area contributed by atoms with Gasteiger partial charge in [0.25, 0.3) is 0 Å². The molecular weight excluding hydrogens is 253 g/mol. The van der Waals surface area contributed by atoms with Crippen molar-refractivity contribution in [2.24, 2.45) is 5.41 Å². The van der Waals surface area contributed by atoms with Gasteiger partial charge in [0, 0.05) is 11.8 Å². The van der Waals surface area contributed by atoms with Crippen LogP contribution in [0.5, 0.6) is 5.75 Å². The van der Waals surface area contributed by atoms with Gasteiger partial charge in [0.15, 0.2) is 11.6 Å². The zero-order chi connectivity index (χ0) is 14.6. The first-order valence-electron chi connectivity index (χ1n) is 5.76. The summed E-state index contributed by atoms with van der Waals surface area (Å²) in [7, 11) is 0. The lowest BCUT2D eigenvalue weighted by atomic mass is 9.92. The highest BCUT2D eigenvalue weighted by atomic mass is 19.1. The number of anilines is 1. The van der Waals surface area contributed by atoms with Crippen molar-refractivity contribution >= 4 is 17.6 Å². The first-order chi connectivity index (χ1) is 8.78. The van der Waals surface area contributed by atoms with Crippen LogP contribution in [0.1, 0.15) is 20.8 Å². The van der Waals surface area contributed by atoms with Crippen LogP contribution in [0.25, 0.3) is 0 Å². The fourth-order valence-electron chi connectivity index (χ4n) is 1.24. The maximum Gasteiger partial charge on any atom is 0.318 e. The molecule has 1 aromatic rings. The summed E-state index contributed by atoms with van der Waals surface area (Å²) < 4.78 is 18.6. The third-order valence-electron chi connectivity index (χ3n) is 2.59. The van der Waals surface area contributed by atoms with Gasteiger partial charge in [-0.3, -0.25) is 9.59 Å². The summed E-state index contributed by atoms with van der Waals surface area (Å²) in [5.41, 5.74) is -1.41. The molecule has 0 aliphatic heterocycles. The van der Waals surface area contributed by atoms with Gasteiger partial charge in [-0.05, 0) is 32.9 Å². The molecular formula is C13H16FNO4. The lowest BCUT2D eigenvalue weighted by Gasteiger charge is -2.18. The van der Waals surface area contributed by atoms with Gasteiger partial charge in [0.2, 0.25) is 5.91 Å². The van der Waals surface area contributed by atoms with Crippen LogP contribution in [-0.4, -0.2) is 23.6 Å². The minimum atomic E-state index is -1.59. The van der Waals surface area contributed by atoms with Gasteiger partial charge in [-0.15, -0.1) is 0 Å². The molecule has 0 spiro atoms. The van der Waals surface area contributed by atoms with Crippen molar-refractivity contribution in [2.75, 3.05) is 11.9 Å². The molecule has 0 saturated carbocycles. The Bertz CT molecular complexity index is 499. The highest BCUT2D eigenvalue weighted by Gasteiger charge is 2.36. The largest absolute Gasteiger partial charge is 0.491 e. The molecule has 1 amide bonds. The van der Waals surface area contributed by atoms with Crippen LogP contribution in [0.2, 0.25) is 0 Å². The average molecular weight is 269 g/mol. The molecule has 1 aromatic carbocycles. The van der Waals surface area contributed by atoms with Gasteiger partial charge >= 0.3 is 5.97 Å². The molecule has 0 fully saturated rings. The number of halogens is 1. The smallest absolute Gasteiger partial charge is 0.318 e. The number of carbonyl (C=O) groups is 2. The van der Waals surface area contributed by atoms with Crippen molar-refractivity contribution in [1.29, 1.82) is 0 Å². The van der Waals surface area contributed by atoms with Crippen LogP contribution in [0, 0.1) is 11.2 Å². The number of hydrogen-bond donors (Lipinski definition) is 2. The van der Waals surface area contributed by atoms with Gasteiger partial charge < -0.3 is 15.2 Å². The Morgan fingerprint density at radius 2 is 2.05 bits per heavy atom. The molecule has 2 N–H and O–H groups in total. The number of amides is 1. The molecule has 1 rings (SSSR count). The number of rotatable bonds is 5. The van der Waals surface area contributed by atoms with E-state index in [0.29, 0.717) is 6.61 Å². The second-order valence-electron chi connectivity index (χ2n) is 4.46. The molecule has 0 heterocycles. The first-order valence-corrected chi connectivity index (χ1v) is 5.76. The monoisotopic (exact) mass is 269 g/mol. The van der Waals surface area contributed by atoms with E-state index in [9.17, 15) is 14.0 Å². The lowest BCUT2D eigenvalue weighted by molar-refractivity contribution is -0.151. The fourth-order valence-corrected chi connectivity index (χ4v) is 1.24. The van der Waals surface area contributed by atoms with Gasteiger partial charge in [0.05, 0.1) is 6.61 Å². The Morgan fingerprint density at radius 3 is 2.53 bits per heavy atom. The SMILES string of the molecule is CCOc1ccc(NC(=O)C(C)(C)C(=O)O)cc1F. The second-order valence-corrected chi connectivity index (χ2v) is 4.46. The molecule has 0 aromatic heterocycles. The molecule has 104 valence electrons. The van der Waals surface area contributed by atoms with Crippen LogP contribution in [-0.2, 0) is 9.59 Å². The van der Waals surface area contributed by atoms with E-state index in [1.54, 1.807) is 6.92 Å². The number of carbonyl (C=O) groups excluding carboxylic acids is 1. The van der Waals surface area contributed by atoms with E-state index >= 15 is 0 Å². The minimum absolute atomic E-state index is 0.0815. The zero-order valence-electron chi connectivity index (χ0n) is 11.0. The third-order valence-corrected chi connectivity index (χ3v) is 2.59. The highest BCUT2D eigenvalue weighted by Crippen LogP contribution is 2.23. The van der Waals surface area contributed by atoms with E-state index in [0.717, 1.165) is 6.07 Å². The molecule has 0 bridgehead atoms. The Kier molecular flexibility index (Phi) is 4.47. The normalized spacial score (nSPS) is 10.9. The van der Waals surface area contributed by atoms with E-state index in [2.05, 4.69) is 5.32 Å². The molecule has 0 aliphatic rings. The van der Waals surface area contributed by atoms with Crippen molar-refractivity contribution in [3.05, 3.63) is 24.0 Å². The van der Waals surface area contributed by atoms with E-state index < -0.39 is 23.1 Å². The molecule has 0 unspecified atom stereocenters. The highest BCUT2D eigenvalue weighted by molar-refractivity contribution is 6.07. The van der Waals surface area contributed by atoms with E-state index in [4.69, 9.17) is 9.84 Å². The second kappa shape index (κ2) is 5.69. The van der Waals surface area contributed by atoms with Crippen LogP contribution in [0.3, 0.4) is 0 Å². The predicted molar refractivity (Wildman–Crippen MR) is 67.6 cm³/mol. The van der Waals surface area contributed by atoms with Gasteiger partial charge in [-0.2, -0.15) is 0 Å². The van der Waals surface area contributed by atoms with Crippen LogP contribution in [0.4, 0.5) is 10.1 Å². The zero-order valence-corrected chi connectivity index (χ0v) is 11.0. The van der Waals surface area contributed by atoms with Crippen molar-refractivity contribution in [3.63, 3.8) is 0 Å². The first kappa shape index (κ1) is 14.9. The van der Waals surface area contributed by atoms with Crippen molar-refractivity contribution in [3.8, 4) is 5.75 Å². The number of nitrogens with one attached hydrogen (secondary N) is 1. The van der Waals surface area contributed by atoms with Crippen molar-refractivity contribution in [1.82, 2.24) is 0 Å². The number of carboxylic acids is 1. The number of benzene rings is 1. The van der Waals surface area contributed by atoms with Gasteiger partial charge in [0.1, 0.15) is 5.41 Å². The van der Waals surface area contributed by atoms with Gasteiger partial charge in [-0.1, -0.05) is 0 Å². The Balaban J connectivity index is 2.87. The Morgan fingerprint density at radius 1 is 1.42 bits per heavy atom. The average Bonchev–Trinajstić information content (AvgIpc) is 2.32. The third kappa shape index (κ3) is 3.43. The van der Waals surface area contributed by atoms with E-state index in [1.165, 1.54) is 26.0 Å². The summed E-state index contributed by atoms with van der Waals surface area (Å²) in [6.45, 7) is 4.60. The maximum absolute atomic E-state index is 13.6. The Labute approximate surface area is 110 Å². The fraction of sp³-hybridized carbons (Fsp3) is 0.385. The van der Waals surface area contributed by atoms with Crippen molar-refractivity contribution in [2.45, 2.75) is 20.8 Å². The van der Waals surface area contributed by atoms with Gasteiger partial charge in [-0.25, -0.2) is 4.39 Å². The summed E-state index contributed by atoms with van der Waals surface area (Å²) in [4.78, 5) is 22.7. The molecule has 0 atom stereocenters. The number of hydrogen-bond acceptors (Lipinski definition) is 3. The van der Waals surface area contributed by atoms with Crippen LogP contribution in [0.15, 0.2) is 18.2 Å². The molecule has 0 radical (unpaired) electrons. The summed E-state index contributed by atoms with van der Waals surface area (Å²) in [6.07, 6.45) is 0. The standard InChI is InChI=1S/C13H16FNO4/c1-4-19-10-6-5-8(7-9(10)14)15-11(16)13(2,3)12(17)18/h5-7H,4H2,1-3H3,(H,15,16)(H,17,18). The predicted octanol–water partition coefficient (Wildman–Crippen LogP) is 2.27. The van der Waals surface area contributed by atoms with Crippen molar-refractivity contribution < 1.29 is 23.8 Å². The van der Waals surface area contributed by atoms with E-state index in [1.807, 2.05) is 0 Å². The summed E-state index contributed by atoms with van der Waals surface area (Å²) in [6, 6.07) is 3.91. The lowest BCUT2D eigenvalue weighted by Crippen LogP contribution is -2.37. The molecule has 6 heteroatoms. The molecule has 19 heavy (non-hydrogen) atoms. The van der Waals surface area contributed by atoms with Crippen LogP contribution < -0.4 is 10.1 Å². The summed E-state index contributed by atoms with van der Waals surface area (Å²) in [5, 5.41) is 11.3. The van der Waals surface area contributed by atoms with Crippen LogP contribution >= 0.6 is 0 Å². The summed E-state index contributed by atoms with van der Waals surface area (Å²) >= 11 is 0. The Hall–Kier alpha value is -2.11. The van der Waals surface area contributed by atoms with E-state index in [-0.39, 0.29) is 11.4 Å². The molecule has 5 nitrogen and oxygen atoms in total. The molecule has 0 saturated heterocycles. The quantitative estimate of drug-likeness (QED) is 0.804. The number of ether oxygens (including phenoxy) is 1. The number of aliphatic carboxylic acids is 1. The maximum atomic E-state index is 13.6.